The van der Waals surface area contributed by atoms with E-state index in [1.54, 1.807) is 0 Å². The Morgan fingerprint density at radius 3 is 2.94 bits per heavy atom. The van der Waals surface area contributed by atoms with Crippen molar-refractivity contribution in [3.8, 4) is 0 Å². The Kier molecular flexibility index (Phi) is 6.20. The Morgan fingerprint density at radius 2 is 2.38 bits per heavy atom. The van der Waals surface area contributed by atoms with Crippen molar-refractivity contribution in [3.63, 3.8) is 0 Å². The Morgan fingerprint density at radius 1 is 1.62 bits per heavy atom. The highest BCUT2D eigenvalue weighted by Crippen LogP contribution is 2.23. The average Bonchev–Trinajstić information content (AvgIpc) is 2.65. The first-order chi connectivity index (χ1) is 7.65. The van der Waals surface area contributed by atoms with Gasteiger partial charge < -0.3 is 5.32 Å². The summed E-state index contributed by atoms with van der Waals surface area (Å²) in [4.78, 5) is 14.8. The van der Waals surface area contributed by atoms with E-state index >= 15 is 0 Å². The van der Waals surface area contributed by atoms with Gasteiger partial charge in [0, 0.05) is 4.47 Å². The van der Waals surface area contributed by atoms with Gasteiger partial charge >= 0.3 is 0 Å². The molecule has 0 spiro atoms. The second kappa shape index (κ2) is 7.17. The highest BCUT2D eigenvalue weighted by atomic mass is 79.9. The Bertz CT molecular complexity index is 340. The van der Waals surface area contributed by atoms with Gasteiger partial charge in [-0.1, -0.05) is 0 Å². The summed E-state index contributed by atoms with van der Waals surface area (Å²) in [7, 11) is 3.92. The fraction of sp³-hybridized carbons (Fsp3) is 0.545. The lowest BCUT2D eigenvalue weighted by atomic mass is 10.3. The first kappa shape index (κ1) is 13.8. The van der Waals surface area contributed by atoms with Crippen molar-refractivity contribution in [3.05, 3.63) is 20.8 Å². The number of nitrogens with zero attached hydrogens (tertiary/aromatic N) is 1. The van der Waals surface area contributed by atoms with Crippen LogP contribution in [0.2, 0.25) is 0 Å². The first-order valence-corrected chi connectivity index (χ1v) is 6.91. The lowest BCUT2D eigenvalue weighted by Gasteiger charge is -2.14. The van der Waals surface area contributed by atoms with E-state index in [1.165, 1.54) is 11.3 Å². The van der Waals surface area contributed by atoms with Crippen molar-refractivity contribution >= 4 is 33.0 Å². The topological polar surface area (TPSA) is 32.3 Å². The number of likely N-dealkylation sites (N-methyl/N-ethyl adjacent to an activating group) is 1. The van der Waals surface area contributed by atoms with E-state index < -0.39 is 0 Å². The Balaban J connectivity index is 2.37. The number of nitrogens with one attached hydrogen (secondary N) is 1. The lowest BCUT2D eigenvalue weighted by molar-refractivity contribution is 0.0949. The molecule has 1 rings (SSSR count). The van der Waals surface area contributed by atoms with E-state index in [1.807, 2.05) is 25.5 Å². The van der Waals surface area contributed by atoms with Crippen LogP contribution in [0.5, 0.6) is 0 Å². The predicted octanol–water partition coefficient (Wildman–Crippen LogP) is 2.23. The molecule has 0 atom stereocenters. The van der Waals surface area contributed by atoms with E-state index in [9.17, 15) is 4.79 Å². The molecule has 1 aromatic rings. The maximum atomic E-state index is 11.9. The minimum Gasteiger partial charge on any atom is -0.320 e. The molecule has 5 heteroatoms. The first-order valence-electron chi connectivity index (χ1n) is 5.24. The van der Waals surface area contributed by atoms with Gasteiger partial charge in [0.2, 0.25) is 0 Å². The summed E-state index contributed by atoms with van der Waals surface area (Å²) >= 11 is 4.87. The number of carbonyl (C=O) groups is 1. The molecule has 0 aliphatic heterocycles. The van der Waals surface area contributed by atoms with Gasteiger partial charge in [-0.15, -0.1) is 11.3 Å². The van der Waals surface area contributed by atoms with E-state index in [-0.39, 0.29) is 5.78 Å². The van der Waals surface area contributed by atoms with Crippen LogP contribution in [0.15, 0.2) is 15.9 Å². The number of ketones is 1. The third kappa shape index (κ3) is 4.33. The van der Waals surface area contributed by atoms with Crippen molar-refractivity contribution in [2.24, 2.45) is 0 Å². The van der Waals surface area contributed by atoms with Crippen LogP contribution in [0.4, 0.5) is 0 Å². The molecule has 90 valence electrons. The number of rotatable bonds is 7. The van der Waals surface area contributed by atoms with E-state index in [2.05, 4.69) is 26.1 Å². The maximum Gasteiger partial charge on any atom is 0.187 e. The molecule has 1 heterocycles. The number of halogens is 1. The van der Waals surface area contributed by atoms with E-state index in [0.29, 0.717) is 6.54 Å². The summed E-state index contributed by atoms with van der Waals surface area (Å²) in [5.74, 6) is 0.189. The van der Waals surface area contributed by atoms with Crippen LogP contribution >= 0.6 is 27.3 Å². The van der Waals surface area contributed by atoms with Crippen molar-refractivity contribution in [2.75, 3.05) is 33.7 Å². The SMILES string of the molecule is CNCCCN(C)CC(=O)c1sccc1Br. The molecule has 0 aromatic carbocycles. The summed E-state index contributed by atoms with van der Waals surface area (Å²) in [5.41, 5.74) is 0. The van der Waals surface area contributed by atoms with Gasteiger partial charge in [-0.05, 0) is 61.0 Å². The third-order valence-electron chi connectivity index (χ3n) is 2.25. The van der Waals surface area contributed by atoms with Gasteiger partial charge in [-0.3, -0.25) is 9.69 Å². The Hall–Kier alpha value is -0.230. The summed E-state index contributed by atoms with van der Waals surface area (Å²) in [6.07, 6.45) is 1.06. The fourth-order valence-electron chi connectivity index (χ4n) is 1.41. The van der Waals surface area contributed by atoms with Gasteiger partial charge in [-0.2, -0.15) is 0 Å². The number of carbonyl (C=O) groups excluding carboxylic acids is 1. The van der Waals surface area contributed by atoms with Crippen LogP contribution < -0.4 is 5.32 Å². The molecule has 1 aromatic heterocycles. The highest BCUT2D eigenvalue weighted by molar-refractivity contribution is 9.10. The minimum absolute atomic E-state index is 0.189. The zero-order valence-electron chi connectivity index (χ0n) is 9.62. The van der Waals surface area contributed by atoms with Crippen molar-refractivity contribution in [1.29, 1.82) is 0 Å². The van der Waals surface area contributed by atoms with Gasteiger partial charge in [0.1, 0.15) is 0 Å². The highest BCUT2D eigenvalue weighted by Gasteiger charge is 2.13. The largest absolute Gasteiger partial charge is 0.320 e. The van der Waals surface area contributed by atoms with Crippen molar-refractivity contribution in [2.45, 2.75) is 6.42 Å². The number of Topliss-reactive ketones (excluding diaryl/α,β-unsaturated/α-hetero) is 1. The zero-order valence-corrected chi connectivity index (χ0v) is 12.0. The molecule has 0 bridgehead atoms. The lowest BCUT2D eigenvalue weighted by Crippen LogP contribution is -2.28. The predicted molar refractivity (Wildman–Crippen MR) is 72.4 cm³/mol. The van der Waals surface area contributed by atoms with Crippen LogP contribution in [0.3, 0.4) is 0 Å². The summed E-state index contributed by atoms with van der Waals surface area (Å²) in [5, 5.41) is 5.02. The molecule has 1 N–H and O–H groups in total. The fourth-order valence-corrected chi connectivity index (χ4v) is 2.94. The van der Waals surface area contributed by atoms with E-state index in [0.717, 1.165) is 28.9 Å². The molecule has 0 fully saturated rings. The molecule has 0 amide bonds. The normalized spacial score (nSPS) is 11.0. The Labute approximate surface area is 109 Å². The van der Waals surface area contributed by atoms with Crippen LogP contribution in [-0.4, -0.2) is 44.4 Å². The van der Waals surface area contributed by atoms with Crippen LogP contribution in [0, 0.1) is 0 Å². The minimum atomic E-state index is 0.189. The monoisotopic (exact) mass is 304 g/mol. The summed E-state index contributed by atoms with van der Waals surface area (Å²) in [6.45, 7) is 2.42. The van der Waals surface area contributed by atoms with Gasteiger partial charge in [0.25, 0.3) is 0 Å². The molecule has 0 saturated carbocycles. The molecule has 0 saturated heterocycles. The molecule has 16 heavy (non-hydrogen) atoms. The van der Waals surface area contributed by atoms with Crippen LogP contribution in [0.25, 0.3) is 0 Å². The zero-order chi connectivity index (χ0) is 12.0. The third-order valence-corrected chi connectivity index (χ3v) is 4.13. The van der Waals surface area contributed by atoms with Gasteiger partial charge in [-0.25, -0.2) is 0 Å². The van der Waals surface area contributed by atoms with Crippen LogP contribution in [0.1, 0.15) is 16.1 Å². The van der Waals surface area contributed by atoms with Crippen molar-refractivity contribution in [1.82, 2.24) is 10.2 Å². The van der Waals surface area contributed by atoms with Gasteiger partial charge in [0.15, 0.2) is 5.78 Å². The molecule has 0 radical (unpaired) electrons. The molecule has 0 unspecified atom stereocenters. The maximum absolute atomic E-state index is 11.9. The second-order valence-electron chi connectivity index (χ2n) is 3.72. The van der Waals surface area contributed by atoms with Gasteiger partial charge in [0.05, 0.1) is 11.4 Å². The molecule has 3 nitrogen and oxygen atoms in total. The number of hydrogen-bond donors (Lipinski definition) is 1. The van der Waals surface area contributed by atoms with Crippen molar-refractivity contribution < 1.29 is 4.79 Å². The summed E-state index contributed by atoms with van der Waals surface area (Å²) in [6, 6.07) is 1.92. The van der Waals surface area contributed by atoms with Crippen LogP contribution in [-0.2, 0) is 0 Å². The van der Waals surface area contributed by atoms with E-state index in [4.69, 9.17) is 0 Å². The number of hydrogen-bond acceptors (Lipinski definition) is 4. The summed E-state index contributed by atoms with van der Waals surface area (Å²) < 4.78 is 0.908. The molecular formula is C11H17BrN2OS. The average molecular weight is 305 g/mol. The second-order valence-corrected chi connectivity index (χ2v) is 5.49. The smallest absolute Gasteiger partial charge is 0.187 e. The quantitative estimate of drug-likeness (QED) is 0.619. The molecule has 0 aliphatic rings. The number of thiophene rings is 1. The molecule has 0 aliphatic carbocycles. The molecular weight excluding hydrogens is 288 g/mol. The standard InChI is InChI=1S/C11H17BrN2OS/c1-13-5-3-6-14(2)8-10(15)11-9(12)4-7-16-11/h4,7,13H,3,5-6,8H2,1-2H3.